The van der Waals surface area contributed by atoms with Gasteiger partial charge in [0.2, 0.25) is 0 Å². The minimum Gasteiger partial charge on any atom is -0.464 e. The number of benzene rings is 12. The van der Waals surface area contributed by atoms with Gasteiger partial charge < -0.3 is 13.9 Å². The molecule has 0 atom stereocenters. The van der Waals surface area contributed by atoms with Crippen molar-refractivity contribution in [1.82, 2.24) is 4.57 Å². The molecular formula is C76H50N2O. The Morgan fingerprint density at radius 2 is 0.810 bits per heavy atom. The van der Waals surface area contributed by atoms with E-state index in [2.05, 4.69) is 301 Å². The highest BCUT2D eigenvalue weighted by molar-refractivity contribution is 6.12. The highest BCUT2D eigenvalue weighted by atomic mass is 16.3. The minimum absolute atomic E-state index is 0.588. The van der Waals surface area contributed by atoms with Gasteiger partial charge in [0.25, 0.3) is 0 Å². The number of furan rings is 1. The quantitative estimate of drug-likeness (QED) is 0.144. The lowest BCUT2D eigenvalue weighted by molar-refractivity contribution is 0.616. The zero-order valence-corrected chi connectivity index (χ0v) is 43.2. The van der Waals surface area contributed by atoms with Gasteiger partial charge in [0.15, 0.2) is 0 Å². The Morgan fingerprint density at radius 3 is 1.47 bits per heavy atom. The van der Waals surface area contributed by atoms with Crippen LogP contribution in [0.15, 0.2) is 308 Å². The third kappa shape index (κ3) is 6.54. The summed E-state index contributed by atoms with van der Waals surface area (Å²) >= 11 is 0. The molecule has 0 unspecified atom stereocenters. The minimum atomic E-state index is -0.597. The standard InChI is InChI=1S/C76H50N2O/c1-6-21-54(22-7-1)75(55-23-8-2-9-24-55)67-34-19-17-32-65(67)74-68(75)35-20-36-70(74)77(59-39-42-62-61-31-16-18-33-66(61)76(69(62)49-59,56-25-10-3-11-26-56)57-27-12-4-13-28-57)60-40-43-64-63-41-37-52(51-38-44-73-53(47-51)45-46-79-73)48-71(63)78(72(64)50-60)58-29-14-5-15-30-58/h1-50H. The number of hydrogen-bond donors (Lipinski definition) is 0. The Bertz CT molecular complexity index is 4570. The second-order valence-corrected chi connectivity index (χ2v) is 21.1. The third-order valence-corrected chi connectivity index (χ3v) is 17.2. The van der Waals surface area contributed by atoms with E-state index in [1.807, 2.05) is 6.07 Å². The van der Waals surface area contributed by atoms with E-state index in [1.165, 1.54) is 77.5 Å². The zero-order valence-electron chi connectivity index (χ0n) is 43.2. The summed E-state index contributed by atoms with van der Waals surface area (Å²) in [4.78, 5) is 2.56. The smallest absolute Gasteiger partial charge is 0.133 e. The van der Waals surface area contributed by atoms with Gasteiger partial charge in [-0.15, -0.1) is 0 Å². The maximum absolute atomic E-state index is 5.76. The van der Waals surface area contributed by atoms with Crippen LogP contribution >= 0.6 is 0 Å². The van der Waals surface area contributed by atoms with Crippen LogP contribution in [0.25, 0.3) is 71.8 Å². The zero-order chi connectivity index (χ0) is 52.1. The maximum Gasteiger partial charge on any atom is 0.133 e. The highest BCUT2D eigenvalue weighted by Crippen LogP contribution is 2.61. The Hall–Kier alpha value is -10.2. The number of para-hydroxylation sites is 1. The number of fused-ring (bicyclic) bond motifs is 10. The van der Waals surface area contributed by atoms with Crippen LogP contribution in [0.2, 0.25) is 0 Å². The lowest BCUT2D eigenvalue weighted by Gasteiger charge is -2.35. The van der Waals surface area contributed by atoms with E-state index in [4.69, 9.17) is 4.42 Å². The van der Waals surface area contributed by atoms with Gasteiger partial charge in [-0.1, -0.05) is 231 Å². The van der Waals surface area contributed by atoms with E-state index in [0.29, 0.717) is 0 Å². The van der Waals surface area contributed by atoms with E-state index in [-0.39, 0.29) is 0 Å². The van der Waals surface area contributed by atoms with E-state index >= 15 is 0 Å². The fraction of sp³-hybridized carbons (Fsp3) is 0.0263. The molecule has 2 heterocycles. The molecule has 0 amide bonds. The van der Waals surface area contributed by atoms with Gasteiger partial charge in [-0.05, 0) is 139 Å². The maximum atomic E-state index is 5.76. The van der Waals surface area contributed by atoms with Crippen molar-refractivity contribution in [2.24, 2.45) is 0 Å². The molecule has 14 aromatic rings. The number of anilines is 3. The van der Waals surface area contributed by atoms with Crippen molar-refractivity contribution in [3.63, 3.8) is 0 Å². The Morgan fingerprint density at radius 1 is 0.329 bits per heavy atom. The Balaban J connectivity index is 1.00. The molecule has 3 nitrogen and oxygen atoms in total. The normalized spacial score (nSPS) is 13.5. The molecule has 370 valence electrons. The fourth-order valence-electron chi connectivity index (χ4n) is 14.0. The number of nitrogens with zero attached hydrogens (tertiary/aromatic N) is 2. The topological polar surface area (TPSA) is 21.3 Å². The molecular weight excluding hydrogens is 957 g/mol. The van der Waals surface area contributed by atoms with Crippen LogP contribution in [0.5, 0.6) is 0 Å². The summed E-state index contributed by atoms with van der Waals surface area (Å²) in [6.45, 7) is 0. The van der Waals surface area contributed by atoms with Gasteiger partial charge in [-0.3, -0.25) is 0 Å². The largest absolute Gasteiger partial charge is 0.464 e. The number of hydrogen-bond acceptors (Lipinski definition) is 2. The van der Waals surface area contributed by atoms with Crippen LogP contribution in [-0.4, -0.2) is 4.57 Å². The van der Waals surface area contributed by atoms with Crippen LogP contribution in [0.4, 0.5) is 17.1 Å². The van der Waals surface area contributed by atoms with Gasteiger partial charge in [0, 0.05) is 38.8 Å². The first-order valence-corrected chi connectivity index (χ1v) is 27.3. The van der Waals surface area contributed by atoms with Crippen LogP contribution in [0, 0.1) is 0 Å². The lowest BCUT2D eigenvalue weighted by Crippen LogP contribution is -2.29. The molecule has 0 spiro atoms. The van der Waals surface area contributed by atoms with Crippen LogP contribution < -0.4 is 4.90 Å². The second-order valence-electron chi connectivity index (χ2n) is 21.1. The third-order valence-electron chi connectivity index (χ3n) is 17.2. The van der Waals surface area contributed by atoms with E-state index in [0.717, 1.165) is 55.9 Å². The first kappa shape index (κ1) is 45.0. The predicted octanol–water partition coefficient (Wildman–Crippen LogP) is 19.4. The van der Waals surface area contributed by atoms with Crippen molar-refractivity contribution >= 4 is 49.8 Å². The fourth-order valence-corrected chi connectivity index (χ4v) is 14.0. The molecule has 79 heavy (non-hydrogen) atoms. The first-order valence-electron chi connectivity index (χ1n) is 27.3. The molecule has 12 aromatic carbocycles. The van der Waals surface area contributed by atoms with Gasteiger partial charge in [-0.2, -0.15) is 0 Å². The van der Waals surface area contributed by atoms with Crippen LogP contribution in [0.3, 0.4) is 0 Å². The molecule has 2 aliphatic carbocycles. The lowest BCUT2D eigenvalue weighted by atomic mass is 9.67. The average molecular weight is 1010 g/mol. The summed E-state index contributed by atoms with van der Waals surface area (Å²) in [5, 5.41) is 3.47. The van der Waals surface area contributed by atoms with Crippen molar-refractivity contribution in [2.75, 3.05) is 4.90 Å². The van der Waals surface area contributed by atoms with E-state index in [9.17, 15) is 0 Å². The van der Waals surface area contributed by atoms with Crippen LogP contribution in [0.1, 0.15) is 44.5 Å². The van der Waals surface area contributed by atoms with Crippen molar-refractivity contribution in [3.05, 3.63) is 348 Å². The van der Waals surface area contributed by atoms with Crippen molar-refractivity contribution in [3.8, 4) is 39.1 Å². The monoisotopic (exact) mass is 1010 g/mol. The molecule has 2 aromatic heterocycles. The molecule has 0 saturated heterocycles. The summed E-state index contributed by atoms with van der Waals surface area (Å²) < 4.78 is 8.22. The molecule has 0 bridgehead atoms. The summed E-state index contributed by atoms with van der Waals surface area (Å²) in [5.41, 5.74) is 23.6. The van der Waals surface area contributed by atoms with Crippen molar-refractivity contribution < 1.29 is 4.42 Å². The SMILES string of the molecule is c1ccc(-n2c3cc(-c4ccc5occc5c4)ccc3c3ccc(N(c4ccc5c(c4)C(c4ccccc4)(c4ccccc4)c4ccccc4-5)c4cccc5c4-c4ccccc4C5(c4ccccc4)c4ccccc4)cc32)cc1. The molecule has 2 aliphatic rings. The number of rotatable bonds is 9. The summed E-state index contributed by atoms with van der Waals surface area (Å²) in [5.74, 6) is 0. The first-order chi connectivity index (χ1) is 39.2. The van der Waals surface area contributed by atoms with Gasteiger partial charge in [-0.25, -0.2) is 0 Å². The van der Waals surface area contributed by atoms with Crippen LogP contribution in [-0.2, 0) is 10.8 Å². The summed E-state index contributed by atoms with van der Waals surface area (Å²) in [7, 11) is 0. The molecule has 16 rings (SSSR count). The summed E-state index contributed by atoms with van der Waals surface area (Å²) in [6, 6.07) is 110. The summed E-state index contributed by atoms with van der Waals surface area (Å²) in [6.07, 6.45) is 1.77. The molecule has 0 N–H and O–H groups in total. The average Bonchev–Trinajstić information content (AvgIpc) is 4.45. The van der Waals surface area contributed by atoms with E-state index < -0.39 is 10.8 Å². The molecule has 3 heteroatoms. The second kappa shape index (κ2) is 17.7. The highest BCUT2D eigenvalue weighted by Gasteiger charge is 2.49. The van der Waals surface area contributed by atoms with Gasteiger partial charge in [0.05, 0.1) is 33.8 Å². The van der Waals surface area contributed by atoms with Crippen molar-refractivity contribution in [1.29, 1.82) is 0 Å². The Labute approximate surface area is 459 Å². The molecule has 0 radical (unpaired) electrons. The molecule has 0 fully saturated rings. The van der Waals surface area contributed by atoms with Gasteiger partial charge in [0.1, 0.15) is 5.58 Å². The van der Waals surface area contributed by atoms with E-state index in [1.54, 1.807) is 6.26 Å². The predicted molar refractivity (Wildman–Crippen MR) is 325 cm³/mol. The molecule has 0 saturated carbocycles. The van der Waals surface area contributed by atoms with Gasteiger partial charge >= 0.3 is 0 Å². The number of aromatic nitrogens is 1. The van der Waals surface area contributed by atoms with Crippen molar-refractivity contribution in [2.45, 2.75) is 10.8 Å². The molecule has 0 aliphatic heterocycles. The Kier molecular flexibility index (Phi) is 10.1.